The van der Waals surface area contributed by atoms with Crippen LogP contribution in [0, 0.1) is 5.92 Å². The van der Waals surface area contributed by atoms with Gasteiger partial charge in [0.1, 0.15) is 6.10 Å². The van der Waals surface area contributed by atoms with E-state index in [4.69, 9.17) is 4.74 Å². The Labute approximate surface area is 185 Å². The monoisotopic (exact) mass is 470 g/mol. The number of carbonyl (C=O) groups excluding carboxylic acids is 1. The van der Waals surface area contributed by atoms with Crippen LogP contribution in [0.5, 0.6) is 0 Å². The first kappa shape index (κ1) is 24.1. The maximum atomic E-state index is 13.6. The first-order valence-electron chi connectivity index (χ1n) is 10.2. The van der Waals surface area contributed by atoms with E-state index in [1.165, 1.54) is 18.2 Å². The molecule has 0 saturated carbocycles. The van der Waals surface area contributed by atoms with Crippen molar-refractivity contribution in [3.63, 3.8) is 0 Å². The van der Waals surface area contributed by atoms with Crippen LogP contribution in [0.15, 0.2) is 47.4 Å². The molecule has 32 heavy (non-hydrogen) atoms. The van der Waals surface area contributed by atoms with Gasteiger partial charge in [0.2, 0.25) is 0 Å². The molecule has 1 saturated heterocycles. The van der Waals surface area contributed by atoms with Crippen molar-refractivity contribution in [1.29, 1.82) is 0 Å². The highest BCUT2D eigenvalue weighted by molar-refractivity contribution is 7.92. The molecule has 2 aromatic carbocycles. The highest BCUT2D eigenvalue weighted by Gasteiger charge is 2.35. The lowest BCUT2D eigenvalue weighted by atomic mass is 10.0. The van der Waals surface area contributed by atoms with Crippen molar-refractivity contribution < 1.29 is 31.1 Å². The summed E-state index contributed by atoms with van der Waals surface area (Å²) in [5.74, 6) is -0.158. The molecule has 1 atom stereocenters. The summed E-state index contributed by atoms with van der Waals surface area (Å²) in [6, 6.07) is 8.92. The maximum Gasteiger partial charge on any atom is 0.418 e. The quantitative estimate of drug-likeness (QED) is 0.608. The average molecular weight is 471 g/mol. The van der Waals surface area contributed by atoms with Crippen LogP contribution in [-0.2, 0) is 32.2 Å². The molecule has 1 fully saturated rings. The smallest absolute Gasteiger partial charge is 0.368 e. The normalized spacial score (nSPS) is 16.9. The van der Waals surface area contributed by atoms with Crippen LogP contribution < -0.4 is 10.0 Å². The summed E-state index contributed by atoms with van der Waals surface area (Å²) in [4.78, 5) is 12.0. The Morgan fingerprint density at radius 2 is 1.84 bits per heavy atom. The largest absolute Gasteiger partial charge is 0.418 e. The van der Waals surface area contributed by atoms with Crippen molar-refractivity contribution in [3.05, 3.63) is 53.6 Å². The van der Waals surface area contributed by atoms with Crippen LogP contribution >= 0.6 is 0 Å². The summed E-state index contributed by atoms with van der Waals surface area (Å²) < 4.78 is 73.6. The van der Waals surface area contributed by atoms with Crippen LogP contribution in [0.25, 0.3) is 0 Å². The standard InChI is InChI=1S/C22H25F3N2O4S/c1-14(2)12-15-5-8-17(9-6-15)32(29,30)27-19-10-7-16(13-18(19)22(23,24)25)26-21(28)20-4-3-11-31-20/h5-10,13-14,20,27H,3-4,11-12H2,1-2H3,(H,26,28). The van der Waals surface area contributed by atoms with Crippen LogP contribution in [0.2, 0.25) is 0 Å². The Kier molecular flexibility index (Phi) is 7.14. The van der Waals surface area contributed by atoms with Gasteiger partial charge in [-0.05, 0) is 61.1 Å². The molecule has 1 aliphatic heterocycles. The fourth-order valence-corrected chi connectivity index (χ4v) is 4.51. The second-order valence-corrected chi connectivity index (χ2v) is 9.78. The van der Waals surface area contributed by atoms with Crippen LogP contribution in [0.4, 0.5) is 24.5 Å². The van der Waals surface area contributed by atoms with E-state index < -0.39 is 39.5 Å². The van der Waals surface area contributed by atoms with Gasteiger partial charge in [0.05, 0.1) is 16.1 Å². The molecule has 10 heteroatoms. The zero-order chi connectivity index (χ0) is 23.5. The predicted molar refractivity (Wildman–Crippen MR) is 115 cm³/mol. The summed E-state index contributed by atoms with van der Waals surface area (Å²) in [7, 11) is -4.25. The molecule has 0 radical (unpaired) electrons. The molecule has 0 bridgehead atoms. The lowest BCUT2D eigenvalue weighted by Crippen LogP contribution is -2.27. The van der Waals surface area contributed by atoms with Crippen LogP contribution in [-0.4, -0.2) is 27.0 Å². The summed E-state index contributed by atoms with van der Waals surface area (Å²) in [5.41, 5.74) is -0.999. The van der Waals surface area contributed by atoms with Crippen LogP contribution in [0.1, 0.15) is 37.8 Å². The summed E-state index contributed by atoms with van der Waals surface area (Å²) in [6.07, 6.45) is -3.60. The average Bonchev–Trinajstić information content (AvgIpc) is 3.23. The molecule has 2 aromatic rings. The highest BCUT2D eigenvalue weighted by Crippen LogP contribution is 2.37. The number of rotatable bonds is 7. The predicted octanol–water partition coefficient (Wildman–Crippen LogP) is 4.82. The number of sulfonamides is 1. The molecule has 1 unspecified atom stereocenters. The minimum Gasteiger partial charge on any atom is -0.368 e. The SMILES string of the molecule is CC(C)Cc1ccc(S(=O)(=O)Nc2ccc(NC(=O)C3CCCO3)cc2C(F)(F)F)cc1. The van der Waals surface area contributed by atoms with E-state index in [9.17, 15) is 26.4 Å². The van der Waals surface area contributed by atoms with Gasteiger partial charge in [-0.25, -0.2) is 8.42 Å². The summed E-state index contributed by atoms with van der Waals surface area (Å²) in [6.45, 7) is 4.47. The summed E-state index contributed by atoms with van der Waals surface area (Å²) >= 11 is 0. The van der Waals surface area contributed by atoms with Gasteiger partial charge in [0.25, 0.3) is 15.9 Å². The van der Waals surface area contributed by atoms with Crippen molar-refractivity contribution in [2.24, 2.45) is 5.92 Å². The van der Waals surface area contributed by atoms with Crippen molar-refractivity contribution in [1.82, 2.24) is 0 Å². The van der Waals surface area contributed by atoms with Gasteiger partial charge >= 0.3 is 6.18 Å². The molecule has 174 valence electrons. The number of halogens is 3. The van der Waals surface area contributed by atoms with Gasteiger partial charge in [-0.15, -0.1) is 0 Å². The Balaban J connectivity index is 1.83. The zero-order valence-electron chi connectivity index (χ0n) is 17.7. The Morgan fingerprint density at radius 1 is 1.16 bits per heavy atom. The van der Waals surface area contributed by atoms with Crippen molar-refractivity contribution in [3.8, 4) is 0 Å². The number of amides is 1. The van der Waals surface area contributed by atoms with E-state index in [1.54, 1.807) is 12.1 Å². The highest BCUT2D eigenvalue weighted by atomic mass is 32.2. The van der Waals surface area contributed by atoms with E-state index in [0.717, 1.165) is 18.1 Å². The first-order valence-corrected chi connectivity index (χ1v) is 11.7. The second kappa shape index (κ2) is 9.50. The van der Waals surface area contributed by atoms with E-state index in [1.807, 2.05) is 18.6 Å². The number of ether oxygens (including phenoxy) is 1. The Hall–Kier alpha value is -2.59. The minimum atomic E-state index is -4.84. The van der Waals surface area contributed by atoms with E-state index in [-0.39, 0.29) is 10.6 Å². The number of anilines is 2. The van der Waals surface area contributed by atoms with Gasteiger partial charge < -0.3 is 10.1 Å². The molecule has 3 rings (SSSR count). The fraction of sp³-hybridized carbons (Fsp3) is 0.409. The number of hydrogen-bond donors (Lipinski definition) is 2. The Bertz CT molecular complexity index is 1060. The van der Waals surface area contributed by atoms with E-state index >= 15 is 0 Å². The lowest BCUT2D eigenvalue weighted by Gasteiger charge is -2.17. The number of hydrogen-bond acceptors (Lipinski definition) is 4. The zero-order valence-corrected chi connectivity index (χ0v) is 18.5. The van der Waals surface area contributed by atoms with Crippen molar-refractivity contribution >= 4 is 27.3 Å². The van der Waals surface area contributed by atoms with Gasteiger partial charge in [0.15, 0.2) is 0 Å². The van der Waals surface area contributed by atoms with E-state index in [2.05, 4.69) is 5.32 Å². The van der Waals surface area contributed by atoms with Crippen molar-refractivity contribution in [2.45, 2.75) is 50.3 Å². The number of nitrogens with one attached hydrogen (secondary N) is 2. The van der Waals surface area contributed by atoms with Crippen LogP contribution in [0.3, 0.4) is 0 Å². The Morgan fingerprint density at radius 3 is 2.41 bits per heavy atom. The molecule has 1 amide bonds. The van der Waals surface area contributed by atoms with Gasteiger partial charge in [-0.1, -0.05) is 26.0 Å². The third-order valence-electron chi connectivity index (χ3n) is 4.94. The third-order valence-corrected chi connectivity index (χ3v) is 6.32. The molecule has 1 aliphatic rings. The topological polar surface area (TPSA) is 84.5 Å². The number of benzene rings is 2. The molecule has 2 N–H and O–H groups in total. The number of carbonyl (C=O) groups is 1. The molecule has 0 aromatic heterocycles. The molecule has 0 spiro atoms. The molecule has 0 aliphatic carbocycles. The number of alkyl halides is 3. The second-order valence-electron chi connectivity index (χ2n) is 8.10. The molecule has 6 nitrogen and oxygen atoms in total. The van der Waals surface area contributed by atoms with Gasteiger partial charge in [-0.2, -0.15) is 13.2 Å². The summed E-state index contributed by atoms with van der Waals surface area (Å²) in [5, 5.41) is 2.40. The minimum absolute atomic E-state index is 0.0983. The maximum absolute atomic E-state index is 13.6. The molecular formula is C22H25F3N2O4S. The third kappa shape index (κ3) is 6.01. The van der Waals surface area contributed by atoms with Gasteiger partial charge in [-0.3, -0.25) is 9.52 Å². The molecular weight excluding hydrogens is 445 g/mol. The van der Waals surface area contributed by atoms with E-state index in [0.29, 0.717) is 31.4 Å². The first-order chi connectivity index (χ1) is 15.0. The fourth-order valence-electron chi connectivity index (χ4n) is 3.43. The lowest BCUT2D eigenvalue weighted by molar-refractivity contribution is -0.137. The van der Waals surface area contributed by atoms with Crippen molar-refractivity contribution in [2.75, 3.05) is 16.6 Å². The van der Waals surface area contributed by atoms with Gasteiger partial charge in [0, 0.05) is 12.3 Å². The molecule has 1 heterocycles.